The van der Waals surface area contributed by atoms with E-state index < -0.39 is 74.7 Å². The van der Waals surface area contributed by atoms with Gasteiger partial charge in [0.2, 0.25) is 0 Å². The molecule has 3 N–H and O–H groups in total. The number of aliphatic carboxylic acids is 1. The van der Waals surface area contributed by atoms with E-state index in [-0.39, 0.29) is 67.1 Å². The third kappa shape index (κ3) is 8.30. The molecule has 1 unspecified atom stereocenters. The van der Waals surface area contributed by atoms with Crippen LogP contribution in [0.25, 0.3) is 0 Å². The van der Waals surface area contributed by atoms with Crippen molar-refractivity contribution in [1.82, 2.24) is 0 Å². The number of aliphatic hydroxyl groups excluding tert-OH is 3. The standard InChI is InChI=1S/C23H36O7.Na/c1-4-13(2)23(29)30-20-11-17(25)9-15-6-5-14(3)19(22(15)20)8-7-16(24)10-18(26)12-21(27)28;/h5-6,9,13-14,16-20,22,24-26H,4,7-8,10-12H2,1-3H3,(H,27,28);/q;+1/p-1/t13?,14-,16+,17+,18+,19-,20-,22-;/m0./s1/i1D3,2D3,4D2,13D;. The molecule has 0 heterocycles. The van der Waals surface area contributed by atoms with Gasteiger partial charge in [0.15, 0.2) is 0 Å². The summed E-state index contributed by atoms with van der Waals surface area (Å²) in [6, 6.07) is 0. The molecule has 0 fully saturated rings. The minimum Gasteiger partial charge on any atom is -0.550 e. The molecule has 8 atom stereocenters. The molecular formula is C23H35NaO7. The third-order valence-corrected chi connectivity index (χ3v) is 5.74. The molecule has 7 nitrogen and oxygen atoms in total. The first kappa shape index (κ1) is 16.8. The second-order valence-electron chi connectivity index (χ2n) is 8.02. The molecule has 2 aliphatic rings. The van der Waals surface area contributed by atoms with Gasteiger partial charge in [0.05, 0.1) is 24.2 Å². The summed E-state index contributed by atoms with van der Waals surface area (Å²) in [5.41, 5.74) is 0.532. The Bertz CT molecular complexity index is 969. The quantitative estimate of drug-likeness (QED) is 0.260. The van der Waals surface area contributed by atoms with E-state index in [4.69, 9.17) is 17.1 Å². The van der Waals surface area contributed by atoms with Gasteiger partial charge in [0.25, 0.3) is 0 Å². The van der Waals surface area contributed by atoms with Gasteiger partial charge in [-0.1, -0.05) is 38.9 Å². The molecule has 2 aliphatic carbocycles. The van der Waals surface area contributed by atoms with E-state index in [1.54, 1.807) is 6.08 Å². The summed E-state index contributed by atoms with van der Waals surface area (Å²) in [5, 5.41) is 41.2. The molecule has 0 aromatic heterocycles. The predicted octanol–water partition coefficient (Wildman–Crippen LogP) is -1.89. The molecule has 0 amide bonds. The van der Waals surface area contributed by atoms with Gasteiger partial charge in [-0.25, -0.2) is 0 Å². The number of aliphatic hydroxyl groups is 3. The molecule has 170 valence electrons. The van der Waals surface area contributed by atoms with Gasteiger partial charge in [-0.2, -0.15) is 0 Å². The fourth-order valence-corrected chi connectivity index (χ4v) is 4.33. The van der Waals surface area contributed by atoms with Gasteiger partial charge in [-0.3, -0.25) is 4.79 Å². The van der Waals surface area contributed by atoms with Crippen molar-refractivity contribution in [3.8, 4) is 0 Å². The van der Waals surface area contributed by atoms with E-state index in [0.29, 0.717) is 5.57 Å². The van der Waals surface area contributed by atoms with Crippen LogP contribution in [-0.2, 0) is 14.3 Å². The van der Waals surface area contributed by atoms with E-state index in [0.717, 1.165) is 0 Å². The van der Waals surface area contributed by atoms with Crippen molar-refractivity contribution in [1.29, 1.82) is 0 Å². The Balaban J connectivity index is 0.00000800. The Morgan fingerprint density at radius 3 is 2.81 bits per heavy atom. The van der Waals surface area contributed by atoms with Crippen LogP contribution >= 0.6 is 0 Å². The van der Waals surface area contributed by atoms with E-state index in [2.05, 4.69) is 0 Å². The van der Waals surface area contributed by atoms with Crippen molar-refractivity contribution in [2.24, 2.45) is 23.6 Å². The van der Waals surface area contributed by atoms with Crippen molar-refractivity contribution in [2.45, 2.75) is 83.5 Å². The maximum atomic E-state index is 13.2. The summed E-state index contributed by atoms with van der Waals surface area (Å²) in [6.45, 7) is -5.53. The summed E-state index contributed by atoms with van der Waals surface area (Å²) in [7, 11) is 0. The van der Waals surface area contributed by atoms with Gasteiger partial charge in [0.1, 0.15) is 6.10 Å². The van der Waals surface area contributed by atoms with Gasteiger partial charge in [-0.05, 0) is 43.0 Å². The van der Waals surface area contributed by atoms with Crippen LogP contribution in [0, 0.1) is 23.6 Å². The van der Waals surface area contributed by atoms with E-state index in [1.165, 1.54) is 6.08 Å². The zero-order valence-corrected chi connectivity index (χ0v) is 19.8. The normalized spacial score (nSPS) is 36.8. The number of carbonyl (C=O) groups excluding carboxylic acids is 2. The molecule has 0 bridgehead atoms. The average Bonchev–Trinajstić information content (AvgIpc) is 2.75. The Morgan fingerprint density at radius 1 is 1.42 bits per heavy atom. The molecule has 0 aromatic carbocycles. The van der Waals surface area contributed by atoms with E-state index >= 15 is 0 Å². The topological polar surface area (TPSA) is 127 Å². The number of hydrogen-bond donors (Lipinski definition) is 3. The number of carbonyl (C=O) groups is 2. The summed E-state index contributed by atoms with van der Waals surface area (Å²) < 4.78 is 74.9. The zero-order chi connectivity index (χ0) is 30.1. The summed E-state index contributed by atoms with van der Waals surface area (Å²) in [4.78, 5) is 23.9. The van der Waals surface area contributed by atoms with E-state index in [1.807, 2.05) is 13.0 Å². The number of allylic oxidation sites excluding steroid dienone is 2. The number of carboxylic acid groups (broad SMARTS) is 1. The van der Waals surface area contributed by atoms with Crippen LogP contribution in [0.15, 0.2) is 23.8 Å². The van der Waals surface area contributed by atoms with Crippen LogP contribution in [0.1, 0.15) is 71.4 Å². The number of hydrogen-bond acceptors (Lipinski definition) is 7. The SMILES string of the molecule is [2H]C([2H])([2H])C([2H])([2H])C([2H])(C(=O)O[C@H]1C[C@H](O)C=C2C=C[C@H](C)[C@H](CC[C@@H](O)C[C@@H](O)CC(=O)[O-])[C@H]21)C([2H])([2H])[2H].[Na+]. The predicted molar refractivity (Wildman–Crippen MR) is 109 cm³/mol. The van der Waals surface area contributed by atoms with Crippen LogP contribution < -0.4 is 34.7 Å². The van der Waals surface area contributed by atoms with Crippen molar-refractivity contribution >= 4 is 11.9 Å². The molecule has 0 saturated carbocycles. The van der Waals surface area contributed by atoms with Crippen LogP contribution in [-0.4, -0.2) is 51.7 Å². The molecule has 0 spiro atoms. The monoisotopic (exact) mass is 455 g/mol. The fraction of sp³-hybridized carbons (Fsp3) is 0.739. The maximum Gasteiger partial charge on any atom is 1.00 e. The number of ether oxygens (including phenoxy) is 1. The minimum atomic E-state index is -3.82. The summed E-state index contributed by atoms with van der Waals surface area (Å²) in [5.74, 6) is -8.39. The Morgan fingerprint density at radius 2 is 2.16 bits per heavy atom. The molecule has 0 aromatic rings. The van der Waals surface area contributed by atoms with Crippen LogP contribution in [0.4, 0.5) is 0 Å². The van der Waals surface area contributed by atoms with Crippen molar-refractivity contribution in [3.63, 3.8) is 0 Å². The smallest absolute Gasteiger partial charge is 0.550 e. The van der Waals surface area contributed by atoms with Gasteiger partial charge < -0.3 is 30.0 Å². The van der Waals surface area contributed by atoms with Crippen molar-refractivity contribution in [2.75, 3.05) is 0 Å². The average molecular weight is 456 g/mol. The first-order valence-corrected chi connectivity index (χ1v) is 9.98. The van der Waals surface area contributed by atoms with Gasteiger partial charge >= 0.3 is 35.5 Å². The summed E-state index contributed by atoms with van der Waals surface area (Å²) >= 11 is 0. The Hall–Kier alpha value is -0.700. The largest absolute Gasteiger partial charge is 1.00 e. The minimum absolute atomic E-state index is 0. The van der Waals surface area contributed by atoms with Crippen LogP contribution in [0.3, 0.4) is 0 Å². The fourth-order valence-electron chi connectivity index (χ4n) is 4.33. The number of esters is 1. The number of carboxylic acids is 1. The second kappa shape index (κ2) is 13.1. The number of rotatable bonds is 10. The molecule has 0 radical (unpaired) electrons. The van der Waals surface area contributed by atoms with E-state index in [9.17, 15) is 30.0 Å². The van der Waals surface area contributed by atoms with Crippen molar-refractivity contribution in [3.05, 3.63) is 23.8 Å². The maximum absolute atomic E-state index is 13.2. The first-order chi connectivity index (χ1) is 17.6. The molecule has 2 rings (SSSR count). The Labute approximate surface area is 219 Å². The van der Waals surface area contributed by atoms with Gasteiger partial charge in [-0.15, -0.1) is 0 Å². The molecule has 0 aliphatic heterocycles. The van der Waals surface area contributed by atoms with Crippen molar-refractivity contribution < 1.29 is 76.6 Å². The Kier molecular flexibility index (Phi) is 7.13. The van der Waals surface area contributed by atoms with Gasteiger partial charge in [0, 0.05) is 37.1 Å². The first-order valence-electron chi connectivity index (χ1n) is 14.5. The molecule has 0 saturated heterocycles. The molecule has 8 heteroatoms. The number of fused-ring (bicyclic) bond motifs is 1. The molecule has 31 heavy (non-hydrogen) atoms. The van der Waals surface area contributed by atoms with Crippen LogP contribution in [0.5, 0.6) is 0 Å². The second-order valence-corrected chi connectivity index (χ2v) is 8.02. The third-order valence-electron chi connectivity index (χ3n) is 5.74. The van der Waals surface area contributed by atoms with Crippen LogP contribution in [0.2, 0.25) is 0 Å². The zero-order valence-electron chi connectivity index (χ0n) is 26.8. The molecular weight excluding hydrogens is 411 g/mol. The summed E-state index contributed by atoms with van der Waals surface area (Å²) in [6.07, 6.45) is -4.27.